The second-order valence-corrected chi connectivity index (χ2v) is 5.83. The molecular formula is C17H25NO2. The van der Waals surface area contributed by atoms with Gasteiger partial charge in [-0.3, -0.25) is 4.79 Å². The molecule has 1 aliphatic carbocycles. The SMILES string of the molecule is CCCc1ccc(CNC2CCC(C(=O)O)CC2)cc1. The maximum atomic E-state index is 10.9. The summed E-state index contributed by atoms with van der Waals surface area (Å²) in [7, 11) is 0. The lowest BCUT2D eigenvalue weighted by molar-refractivity contribution is -0.142. The smallest absolute Gasteiger partial charge is 0.306 e. The number of carbonyl (C=O) groups is 1. The lowest BCUT2D eigenvalue weighted by atomic mass is 9.86. The van der Waals surface area contributed by atoms with Crippen LogP contribution in [0.2, 0.25) is 0 Å². The summed E-state index contributed by atoms with van der Waals surface area (Å²) in [5, 5.41) is 12.5. The van der Waals surface area contributed by atoms with Gasteiger partial charge in [0, 0.05) is 12.6 Å². The topological polar surface area (TPSA) is 49.3 Å². The van der Waals surface area contributed by atoms with E-state index >= 15 is 0 Å². The van der Waals surface area contributed by atoms with Crippen molar-refractivity contribution in [2.24, 2.45) is 5.92 Å². The highest BCUT2D eigenvalue weighted by atomic mass is 16.4. The molecule has 0 aliphatic heterocycles. The van der Waals surface area contributed by atoms with Gasteiger partial charge in [0.2, 0.25) is 0 Å². The van der Waals surface area contributed by atoms with Gasteiger partial charge in [-0.05, 0) is 43.2 Å². The lowest BCUT2D eigenvalue weighted by Crippen LogP contribution is -2.34. The molecule has 1 aromatic rings. The molecular weight excluding hydrogens is 250 g/mol. The first-order chi connectivity index (χ1) is 9.69. The van der Waals surface area contributed by atoms with Crippen molar-refractivity contribution in [1.29, 1.82) is 0 Å². The molecule has 0 unspecified atom stereocenters. The normalized spacial score (nSPS) is 22.6. The van der Waals surface area contributed by atoms with Gasteiger partial charge in [-0.2, -0.15) is 0 Å². The predicted molar refractivity (Wildman–Crippen MR) is 80.7 cm³/mol. The van der Waals surface area contributed by atoms with Crippen LogP contribution in [0.3, 0.4) is 0 Å². The Morgan fingerprint density at radius 3 is 2.30 bits per heavy atom. The molecule has 20 heavy (non-hydrogen) atoms. The number of carboxylic acid groups (broad SMARTS) is 1. The molecule has 0 aromatic heterocycles. The van der Waals surface area contributed by atoms with Crippen molar-refractivity contribution in [2.75, 3.05) is 0 Å². The third-order valence-electron chi connectivity index (χ3n) is 4.23. The number of hydrogen-bond donors (Lipinski definition) is 2. The number of hydrogen-bond acceptors (Lipinski definition) is 2. The standard InChI is InChI=1S/C17H25NO2/c1-2-3-13-4-6-14(7-5-13)12-18-16-10-8-15(9-11-16)17(19)20/h4-7,15-16,18H,2-3,8-12H2,1H3,(H,19,20). The molecule has 0 spiro atoms. The van der Waals surface area contributed by atoms with Crippen LogP contribution >= 0.6 is 0 Å². The van der Waals surface area contributed by atoms with Crippen molar-refractivity contribution in [3.05, 3.63) is 35.4 Å². The molecule has 0 saturated heterocycles. The van der Waals surface area contributed by atoms with Crippen molar-refractivity contribution >= 4 is 5.97 Å². The van der Waals surface area contributed by atoms with E-state index in [1.165, 1.54) is 17.5 Å². The summed E-state index contributed by atoms with van der Waals surface area (Å²) in [5.74, 6) is -0.753. The first-order valence-electron chi connectivity index (χ1n) is 7.73. The molecule has 110 valence electrons. The van der Waals surface area contributed by atoms with Crippen LogP contribution in [0.1, 0.15) is 50.2 Å². The summed E-state index contributed by atoms with van der Waals surface area (Å²) in [4.78, 5) is 10.9. The van der Waals surface area contributed by atoms with E-state index in [0.717, 1.165) is 38.6 Å². The summed E-state index contributed by atoms with van der Waals surface area (Å²) < 4.78 is 0. The first kappa shape index (κ1) is 15.0. The van der Waals surface area contributed by atoms with Crippen LogP contribution in [0, 0.1) is 5.92 Å². The fourth-order valence-electron chi connectivity index (χ4n) is 2.92. The fraction of sp³-hybridized carbons (Fsp3) is 0.588. The van der Waals surface area contributed by atoms with Gasteiger partial charge in [-0.1, -0.05) is 37.6 Å². The minimum absolute atomic E-state index is 0.124. The second kappa shape index (κ2) is 7.44. The third kappa shape index (κ3) is 4.34. The van der Waals surface area contributed by atoms with Crippen molar-refractivity contribution in [1.82, 2.24) is 5.32 Å². The highest BCUT2D eigenvalue weighted by Crippen LogP contribution is 2.24. The van der Waals surface area contributed by atoms with E-state index in [4.69, 9.17) is 5.11 Å². The molecule has 3 heteroatoms. The molecule has 0 amide bonds. The molecule has 2 rings (SSSR count). The van der Waals surface area contributed by atoms with Crippen molar-refractivity contribution in [2.45, 2.75) is 58.0 Å². The van der Waals surface area contributed by atoms with Gasteiger partial charge in [-0.15, -0.1) is 0 Å². The monoisotopic (exact) mass is 275 g/mol. The number of rotatable bonds is 6. The molecule has 1 aromatic carbocycles. The van der Waals surface area contributed by atoms with Crippen LogP contribution in [-0.2, 0) is 17.8 Å². The zero-order valence-corrected chi connectivity index (χ0v) is 12.3. The Labute approximate surface area is 121 Å². The minimum atomic E-state index is -0.630. The summed E-state index contributed by atoms with van der Waals surface area (Å²) in [6.45, 7) is 3.08. The van der Waals surface area contributed by atoms with E-state index in [1.807, 2.05) is 0 Å². The molecule has 0 radical (unpaired) electrons. The number of carboxylic acids is 1. The summed E-state index contributed by atoms with van der Waals surface area (Å²) in [5.41, 5.74) is 2.71. The molecule has 1 fully saturated rings. The fourth-order valence-corrected chi connectivity index (χ4v) is 2.92. The van der Waals surface area contributed by atoms with E-state index < -0.39 is 5.97 Å². The number of aliphatic carboxylic acids is 1. The largest absolute Gasteiger partial charge is 0.481 e. The van der Waals surface area contributed by atoms with Crippen LogP contribution in [0.15, 0.2) is 24.3 Å². The van der Waals surface area contributed by atoms with Crippen LogP contribution in [0.4, 0.5) is 0 Å². The van der Waals surface area contributed by atoms with Gasteiger partial charge in [0.15, 0.2) is 0 Å². The first-order valence-corrected chi connectivity index (χ1v) is 7.73. The zero-order chi connectivity index (χ0) is 14.4. The Hall–Kier alpha value is -1.35. The van der Waals surface area contributed by atoms with Gasteiger partial charge in [0.05, 0.1) is 5.92 Å². The molecule has 3 nitrogen and oxygen atoms in total. The molecule has 2 N–H and O–H groups in total. The van der Waals surface area contributed by atoms with Gasteiger partial charge < -0.3 is 10.4 Å². The average molecular weight is 275 g/mol. The molecule has 0 bridgehead atoms. The van der Waals surface area contributed by atoms with Gasteiger partial charge >= 0.3 is 5.97 Å². The Kier molecular flexibility index (Phi) is 5.60. The van der Waals surface area contributed by atoms with Crippen molar-refractivity contribution in [3.8, 4) is 0 Å². The van der Waals surface area contributed by atoms with Gasteiger partial charge in [0.1, 0.15) is 0 Å². The average Bonchev–Trinajstić information content (AvgIpc) is 2.47. The summed E-state index contributed by atoms with van der Waals surface area (Å²) in [6, 6.07) is 9.28. The maximum Gasteiger partial charge on any atom is 0.306 e. The molecule has 1 saturated carbocycles. The van der Waals surface area contributed by atoms with E-state index in [0.29, 0.717) is 6.04 Å². The van der Waals surface area contributed by atoms with Gasteiger partial charge in [0.25, 0.3) is 0 Å². The molecule has 0 heterocycles. The predicted octanol–water partition coefficient (Wildman–Crippen LogP) is 3.37. The Balaban J connectivity index is 1.74. The summed E-state index contributed by atoms with van der Waals surface area (Å²) >= 11 is 0. The van der Waals surface area contributed by atoms with Crippen molar-refractivity contribution < 1.29 is 9.90 Å². The highest BCUT2D eigenvalue weighted by Gasteiger charge is 2.25. The van der Waals surface area contributed by atoms with E-state index in [9.17, 15) is 4.79 Å². The summed E-state index contributed by atoms with van der Waals surface area (Å²) in [6.07, 6.45) is 5.90. The Bertz CT molecular complexity index is 419. The van der Waals surface area contributed by atoms with E-state index in [1.54, 1.807) is 0 Å². The zero-order valence-electron chi connectivity index (χ0n) is 12.3. The number of benzene rings is 1. The third-order valence-corrected chi connectivity index (χ3v) is 4.23. The second-order valence-electron chi connectivity index (χ2n) is 5.83. The quantitative estimate of drug-likeness (QED) is 0.837. The number of nitrogens with one attached hydrogen (secondary N) is 1. The molecule has 0 atom stereocenters. The van der Waals surface area contributed by atoms with Gasteiger partial charge in [-0.25, -0.2) is 0 Å². The van der Waals surface area contributed by atoms with Crippen molar-refractivity contribution in [3.63, 3.8) is 0 Å². The van der Waals surface area contributed by atoms with Crippen LogP contribution in [0.25, 0.3) is 0 Å². The number of aryl methyl sites for hydroxylation is 1. The minimum Gasteiger partial charge on any atom is -0.481 e. The van der Waals surface area contributed by atoms with Crippen LogP contribution in [-0.4, -0.2) is 17.1 Å². The van der Waals surface area contributed by atoms with E-state index in [-0.39, 0.29) is 5.92 Å². The van der Waals surface area contributed by atoms with Crippen LogP contribution < -0.4 is 5.32 Å². The van der Waals surface area contributed by atoms with Crippen LogP contribution in [0.5, 0.6) is 0 Å². The Morgan fingerprint density at radius 2 is 1.75 bits per heavy atom. The maximum absolute atomic E-state index is 10.9. The molecule has 1 aliphatic rings. The lowest BCUT2D eigenvalue weighted by Gasteiger charge is -2.27. The highest BCUT2D eigenvalue weighted by molar-refractivity contribution is 5.70. The van der Waals surface area contributed by atoms with E-state index in [2.05, 4.69) is 36.5 Å². The Morgan fingerprint density at radius 1 is 1.15 bits per heavy atom.